The van der Waals surface area contributed by atoms with Crippen LogP contribution in [-0.2, 0) is 0 Å². The Morgan fingerprint density at radius 3 is 2.15 bits per heavy atom. The Bertz CT molecular complexity index is 461. The number of hydrogen-bond donors (Lipinski definition) is 1. The van der Waals surface area contributed by atoms with Crippen LogP contribution in [0.2, 0.25) is 0 Å². The van der Waals surface area contributed by atoms with Crippen molar-refractivity contribution >= 4 is 5.69 Å². The average molecular weight is 297 g/mol. The van der Waals surface area contributed by atoms with Gasteiger partial charge in [0, 0.05) is 18.2 Å². The third-order valence-electron chi connectivity index (χ3n) is 3.49. The number of anilines is 1. The highest BCUT2D eigenvalue weighted by molar-refractivity contribution is 5.47. The number of alkyl halides is 3. The maximum Gasteiger partial charge on any atom is 0.391 e. The zero-order valence-electron chi connectivity index (χ0n) is 10.4. The first-order valence-electron chi connectivity index (χ1n) is 6.25. The number of benzene rings is 1. The van der Waals surface area contributed by atoms with Crippen LogP contribution in [0.3, 0.4) is 0 Å². The van der Waals surface area contributed by atoms with Gasteiger partial charge in [-0.1, -0.05) is 6.42 Å². The lowest BCUT2D eigenvalue weighted by Gasteiger charge is -2.31. The molecule has 0 amide bonds. The molecular weight excluding hydrogens is 284 g/mol. The lowest BCUT2D eigenvalue weighted by atomic mass is 9.85. The van der Waals surface area contributed by atoms with Crippen molar-refractivity contribution in [2.45, 2.75) is 37.9 Å². The Kier molecular flexibility index (Phi) is 4.15. The molecule has 0 bridgehead atoms. The van der Waals surface area contributed by atoms with Crippen LogP contribution < -0.4 is 5.32 Å². The standard InChI is InChI=1S/C13H13F6N/c14-8-5-10(15)12(11(16)6-8)20-9-3-1-2-7(4-9)13(17,18)19/h5-7,9,20H,1-4H2. The molecule has 112 valence electrons. The Hall–Kier alpha value is -1.40. The van der Waals surface area contributed by atoms with E-state index < -0.39 is 41.3 Å². The van der Waals surface area contributed by atoms with Crippen molar-refractivity contribution in [3.8, 4) is 0 Å². The molecule has 1 aromatic rings. The van der Waals surface area contributed by atoms with Crippen molar-refractivity contribution in [3.63, 3.8) is 0 Å². The van der Waals surface area contributed by atoms with E-state index in [1.165, 1.54) is 0 Å². The molecule has 0 aliphatic heterocycles. The van der Waals surface area contributed by atoms with Crippen molar-refractivity contribution in [2.24, 2.45) is 5.92 Å². The van der Waals surface area contributed by atoms with Crippen molar-refractivity contribution in [3.05, 3.63) is 29.6 Å². The fourth-order valence-electron chi connectivity index (χ4n) is 2.50. The van der Waals surface area contributed by atoms with Crippen LogP contribution in [0, 0.1) is 23.4 Å². The summed E-state index contributed by atoms with van der Waals surface area (Å²) in [5.41, 5.74) is -0.570. The van der Waals surface area contributed by atoms with E-state index in [-0.39, 0.29) is 12.8 Å². The summed E-state index contributed by atoms with van der Waals surface area (Å²) in [5.74, 6) is -4.82. The van der Waals surface area contributed by atoms with Crippen LogP contribution in [-0.4, -0.2) is 12.2 Å². The Morgan fingerprint density at radius 1 is 1.00 bits per heavy atom. The molecular formula is C13H13F6N. The third kappa shape index (κ3) is 3.37. The van der Waals surface area contributed by atoms with Crippen LogP contribution >= 0.6 is 0 Å². The fraction of sp³-hybridized carbons (Fsp3) is 0.538. The fourth-order valence-corrected chi connectivity index (χ4v) is 2.50. The molecule has 1 fully saturated rings. The molecule has 0 radical (unpaired) electrons. The smallest absolute Gasteiger partial charge is 0.378 e. The van der Waals surface area contributed by atoms with E-state index in [0.717, 1.165) is 0 Å². The molecule has 1 aliphatic rings. The van der Waals surface area contributed by atoms with Crippen LogP contribution in [0.4, 0.5) is 32.0 Å². The molecule has 1 nitrogen and oxygen atoms in total. The molecule has 1 saturated carbocycles. The summed E-state index contributed by atoms with van der Waals surface area (Å²) in [6.07, 6.45) is -3.80. The maximum atomic E-state index is 13.4. The van der Waals surface area contributed by atoms with Crippen LogP contribution in [0.25, 0.3) is 0 Å². The summed E-state index contributed by atoms with van der Waals surface area (Å²) in [4.78, 5) is 0. The van der Waals surface area contributed by atoms with Gasteiger partial charge in [-0.3, -0.25) is 0 Å². The van der Waals surface area contributed by atoms with Gasteiger partial charge in [-0.2, -0.15) is 13.2 Å². The van der Waals surface area contributed by atoms with Gasteiger partial charge >= 0.3 is 6.18 Å². The van der Waals surface area contributed by atoms with E-state index in [1.807, 2.05) is 0 Å². The van der Waals surface area contributed by atoms with Crippen molar-refractivity contribution in [2.75, 3.05) is 5.32 Å². The minimum Gasteiger partial charge on any atom is -0.378 e. The Morgan fingerprint density at radius 2 is 1.60 bits per heavy atom. The molecule has 1 aliphatic carbocycles. The van der Waals surface area contributed by atoms with E-state index in [2.05, 4.69) is 5.32 Å². The highest BCUT2D eigenvalue weighted by Gasteiger charge is 2.42. The quantitative estimate of drug-likeness (QED) is 0.784. The van der Waals surface area contributed by atoms with Crippen molar-refractivity contribution in [1.29, 1.82) is 0 Å². The number of rotatable bonds is 2. The monoisotopic (exact) mass is 297 g/mol. The summed E-state index contributed by atoms with van der Waals surface area (Å²) in [6, 6.07) is 0.315. The van der Waals surface area contributed by atoms with Gasteiger partial charge in [0.2, 0.25) is 0 Å². The highest BCUT2D eigenvalue weighted by Crippen LogP contribution is 2.38. The molecule has 2 rings (SSSR count). The summed E-state index contributed by atoms with van der Waals surface area (Å²) in [7, 11) is 0. The van der Waals surface area contributed by atoms with Gasteiger partial charge in [0.05, 0.1) is 5.92 Å². The van der Waals surface area contributed by atoms with Crippen LogP contribution in [0.5, 0.6) is 0 Å². The second kappa shape index (κ2) is 5.54. The van der Waals surface area contributed by atoms with Crippen molar-refractivity contribution in [1.82, 2.24) is 0 Å². The molecule has 0 spiro atoms. The summed E-state index contributed by atoms with van der Waals surface area (Å²) in [6.45, 7) is 0. The predicted molar refractivity (Wildman–Crippen MR) is 61.7 cm³/mol. The van der Waals surface area contributed by atoms with E-state index in [4.69, 9.17) is 0 Å². The topological polar surface area (TPSA) is 12.0 Å². The first kappa shape index (κ1) is 15.0. The number of nitrogens with one attached hydrogen (secondary N) is 1. The number of halogens is 6. The minimum atomic E-state index is -4.31. The van der Waals surface area contributed by atoms with Crippen molar-refractivity contribution < 1.29 is 26.3 Å². The SMILES string of the molecule is Fc1cc(F)c(NC2CCCC(C(F)(F)F)C2)c(F)c1. The van der Waals surface area contributed by atoms with E-state index in [1.54, 1.807) is 0 Å². The Labute approximate surface area is 112 Å². The van der Waals surface area contributed by atoms with Gasteiger partial charge in [-0.05, 0) is 19.3 Å². The molecule has 2 unspecified atom stereocenters. The van der Waals surface area contributed by atoms with Crippen LogP contribution in [0.15, 0.2) is 12.1 Å². The zero-order chi connectivity index (χ0) is 14.9. The zero-order valence-corrected chi connectivity index (χ0v) is 10.4. The van der Waals surface area contributed by atoms with Gasteiger partial charge in [0.25, 0.3) is 0 Å². The lowest BCUT2D eigenvalue weighted by molar-refractivity contribution is -0.182. The summed E-state index contributed by atoms with van der Waals surface area (Å²) >= 11 is 0. The summed E-state index contributed by atoms with van der Waals surface area (Å²) < 4.78 is 77.5. The average Bonchev–Trinajstić information content (AvgIpc) is 2.33. The lowest BCUT2D eigenvalue weighted by Crippen LogP contribution is -2.35. The molecule has 20 heavy (non-hydrogen) atoms. The number of hydrogen-bond acceptors (Lipinski definition) is 1. The van der Waals surface area contributed by atoms with Gasteiger partial charge in [-0.15, -0.1) is 0 Å². The Balaban J connectivity index is 2.11. The van der Waals surface area contributed by atoms with E-state index in [0.29, 0.717) is 25.0 Å². The third-order valence-corrected chi connectivity index (χ3v) is 3.49. The van der Waals surface area contributed by atoms with Gasteiger partial charge < -0.3 is 5.32 Å². The van der Waals surface area contributed by atoms with Gasteiger partial charge in [0.15, 0.2) is 11.6 Å². The molecule has 0 aromatic heterocycles. The molecule has 0 heterocycles. The maximum absolute atomic E-state index is 13.4. The molecule has 0 saturated heterocycles. The predicted octanol–water partition coefficient (Wildman–Crippen LogP) is 4.64. The molecule has 7 heteroatoms. The van der Waals surface area contributed by atoms with Crippen LogP contribution in [0.1, 0.15) is 25.7 Å². The van der Waals surface area contributed by atoms with E-state index >= 15 is 0 Å². The molecule has 2 atom stereocenters. The minimum absolute atomic E-state index is 0.0239. The highest BCUT2D eigenvalue weighted by atomic mass is 19.4. The first-order valence-corrected chi connectivity index (χ1v) is 6.25. The second-order valence-corrected chi connectivity index (χ2v) is 4.99. The second-order valence-electron chi connectivity index (χ2n) is 4.99. The summed E-state index contributed by atoms with van der Waals surface area (Å²) in [5, 5.41) is 2.43. The van der Waals surface area contributed by atoms with Gasteiger partial charge in [0.1, 0.15) is 11.5 Å². The van der Waals surface area contributed by atoms with Gasteiger partial charge in [-0.25, -0.2) is 13.2 Å². The molecule has 1 N–H and O–H groups in total. The van der Waals surface area contributed by atoms with E-state index in [9.17, 15) is 26.3 Å². The first-order chi connectivity index (χ1) is 9.27. The molecule has 1 aromatic carbocycles. The largest absolute Gasteiger partial charge is 0.391 e. The normalized spacial score (nSPS) is 23.7.